The van der Waals surface area contributed by atoms with Crippen LogP contribution in [0.15, 0.2) is 36.5 Å². The minimum atomic E-state index is -4.85. The van der Waals surface area contributed by atoms with Gasteiger partial charge in [0, 0.05) is 17.6 Å². The van der Waals surface area contributed by atoms with Gasteiger partial charge in [-0.25, -0.2) is 0 Å². The lowest BCUT2D eigenvalue weighted by molar-refractivity contribution is -0.272. The Morgan fingerprint density at radius 2 is 1.95 bits per heavy atom. The molecule has 102 valence electrons. The van der Waals surface area contributed by atoms with Gasteiger partial charge in [-0.15, -0.1) is 0 Å². The summed E-state index contributed by atoms with van der Waals surface area (Å²) in [5, 5.41) is 10.5. The van der Waals surface area contributed by atoms with Gasteiger partial charge in [-0.1, -0.05) is 12.1 Å². The smallest absolute Gasteiger partial charge is 0.375 e. The highest BCUT2D eigenvalue weighted by atomic mass is 19.4. The van der Waals surface area contributed by atoms with Crippen molar-refractivity contribution in [1.82, 2.24) is 4.98 Å². The molecule has 0 fully saturated rings. The SMILES string of the molecule is CC(N)C(O)(c1ccc2ncccc2c1)C(F)(F)F. The van der Waals surface area contributed by atoms with Crippen molar-refractivity contribution in [1.29, 1.82) is 0 Å². The van der Waals surface area contributed by atoms with Gasteiger partial charge < -0.3 is 10.8 Å². The van der Waals surface area contributed by atoms with Gasteiger partial charge in [-0.05, 0) is 30.7 Å². The maximum atomic E-state index is 13.1. The average molecular weight is 270 g/mol. The highest BCUT2D eigenvalue weighted by Crippen LogP contribution is 2.41. The Bertz CT molecular complexity index is 598. The second-order valence-corrected chi connectivity index (χ2v) is 4.46. The first-order chi connectivity index (χ1) is 8.76. The van der Waals surface area contributed by atoms with E-state index >= 15 is 0 Å². The first-order valence-corrected chi connectivity index (χ1v) is 5.67. The van der Waals surface area contributed by atoms with Gasteiger partial charge in [0.1, 0.15) is 0 Å². The molecule has 1 aromatic heterocycles. The Labute approximate surface area is 107 Å². The Morgan fingerprint density at radius 3 is 2.53 bits per heavy atom. The van der Waals surface area contributed by atoms with Crippen molar-refractivity contribution in [3.8, 4) is 0 Å². The molecule has 0 aliphatic heterocycles. The van der Waals surface area contributed by atoms with Gasteiger partial charge in [-0.2, -0.15) is 13.2 Å². The molecule has 0 saturated carbocycles. The zero-order valence-corrected chi connectivity index (χ0v) is 10.1. The van der Waals surface area contributed by atoms with Crippen LogP contribution in [0.3, 0.4) is 0 Å². The molecule has 0 radical (unpaired) electrons. The van der Waals surface area contributed by atoms with Crippen LogP contribution < -0.4 is 5.73 Å². The van der Waals surface area contributed by atoms with E-state index in [1.165, 1.54) is 18.2 Å². The van der Waals surface area contributed by atoms with Gasteiger partial charge in [0.2, 0.25) is 5.60 Å². The molecule has 0 aliphatic rings. The van der Waals surface area contributed by atoms with Crippen LogP contribution in [0.5, 0.6) is 0 Å². The number of aliphatic hydroxyl groups is 1. The number of benzene rings is 1. The van der Waals surface area contributed by atoms with Crippen LogP contribution in [0.25, 0.3) is 10.9 Å². The second-order valence-electron chi connectivity index (χ2n) is 4.46. The molecule has 1 heterocycles. The maximum absolute atomic E-state index is 13.1. The predicted molar refractivity (Wildman–Crippen MR) is 65.3 cm³/mol. The van der Waals surface area contributed by atoms with E-state index in [-0.39, 0.29) is 5.56 Å². The van der Waals surface area contributed by atoms with Crippen molar-refractivity contribution in [2.24, 2.45) is 5.73 Å². The summed E-state index contributed by atoms with van der Waals surface area (Å²) in [4.78, 5) is 4.02. The summed E-state index contributed by atoms with van der Waals surface area (Å²) >= 11 is 0. The van der Waals surface area contributed by atoms with Crippen LogP contribution in [0.2, 0.25) is 0 Å². The predicted octanol–water partition coefficient (Wildman–Crippen LogP) is 2.33. The zero-order chi connectivity index (χ0) is 14.3. The van der Waals surface area contributed by atoms with Crippen LogP contribution in [0.4, 0.5) is 13.2 Å². The van der Waals surface area contributed by atoms with E-state index in [4.69, 9.17) is 5.73 Å². The highest BCUT2D eigenvalue weighted by Gasteiger charge is 2.57. The van der Waals surface area contributed by atoms with E-state index in [0.29, 0.717) is 10.9 Å². The average Bonchev–Trinajstić information content (AvgIpc) is 2.35. The third-order valence-electron chi connectivity index (χ3n) is 3.13. The normalized spacial score (nSPS) is 17.2. The van der Waals surface area contributed by atoms with E-state index in [0.717, 1.165) is 6.92 Å². The summed E-state index contributed by atoms with van der Waals surface area (Å²) in [6.45, 7) is 1.13. The first-order valence-electron chi connectivity index (χ1n) is 5.67. The molecule has 1 aromatic carbocycles. The molecule has 2 unspecified atom stereocenters. The number of alkyl halides is 3. The first kappa shape index (κ1) is 13.8. The zero-order valence-electron chi connectivity index (χ0n) is 10.1. The summed E-state index contributed by atoms with van der Waals surface area (Å²) in [6.07, 6.45) is -3.30. The molecule has 0 bridgehead atoms. The number of aromatic nitrogens is 1. The van der Waals surface area contributed by atoms with Crippen molar-refractivity contribution in [3.05, 3.63) is 42.1 Å². The monoisotopic (exact) mass is 270 g/mol. The van der Waals surface area contributed by atoms with E-state index in [9.17, 15) is 18.3 Å². The fourth-order valence-corrected chi connectivity index (χ4v) is 2.00. The molecule has 2 atom stereocenters. The minimum Gasteiger partial charge on any atom is -0.375 e. The number of hydrogen-bond acceptors (Lipinski definition) is 3. The van der Waals surface area contributed by atoms with E-state index in [2.05, 4.69) is 4.98 Å². The van der Waals surface area contributed by atoms with Crippen molar-refractivity contribution in [2.75, 3.05) is 0 Å². The lowest BCUT2D eigenvalue weighted by atomic mass is 9.86. The second kappa shape index (κ2) is 4.47. The molecule has 3 N–H and O–H groups in total. The molecular weight excluding hydrogens is 257 g/mol. The van der Waals surface area contributed by atoms with E-state index in [1.807, 2.05) is 0 Å². The van der Waals surface area contributed by atoms with Crippen LogP contribution in [-0.2, 0) is 5.60 Å². The van der Waals surface area contributed by atoms with Gasteiger partial charge in [-0.3, -0.25) is 4.98 Å². The number of nitrogens with two attached hydrogens (primary N) is 1. The lowest BCUT2D eigenvalue weighted by Crippen LogP contribution is -2.54. The van der Waals surface area contributed by atoms with Crippen molar-refractivity contribution >= 4 is 10.9 Å². The van der Waals surface area contributed by atoms with Crippen LogP contribution >= 0.6 is 0 Å². The van der Waals surface area contributed by atoms with E-state index < -0.39 is 17.8 Å². The lowest BCUT2D eigenvalue weighted by Gasteiger charge is -2.34. The number of fused-ring (bicyclic) bond motifs is 1. The van der Waals surface area contributed by atoms with Crippen molar-refractivity contribution in [3.63, 3.8) is 0 Å². The molecule has 0 amide bonds. The van der Waals surface area contributed by atoms with Crippen molar-refractivity contribution in [2.45, 2.75) is 24.7 Å². The Balaban J connectivity index is 2.64. The quantitative estimate of drug-likeness (QED) is 0.880. The third-order valence-corrected chi connectivity index (χ3v) is 3.13. The number of pyridine rings is 1. The molecule has 2 aromatic rings. The van der Waals surface area contributed by atoms with Gasteiger partial charge in [0.15, 0.2) is 0 Å². The number of rotatable bonds is 2. The topological polar surface area (TPSA) is 59.1 Å². The largest absolute Gasteiger partial charge is 0.422 e. The summed E-state index contributed by atoms with van der Waals surface area (Å²) in [5.41, 5.74) is 2.55. The fraction of sp³-hybridized carbons (Fsp3) is 0.308. The van der Waals surface area contributed by atoms with Crippen LogP contribution in [0, 0.1) is 0 Å². The molecule has 2 rings (SSSR count). The summed E-state index contributed by atoms with van der Waals surface area (Å²) < 4.78 is 39.3. The van der Waals surface area contributed by atoms with Gasteiger partial charge >= 0.3 is 6.18 Å². The Morgan fingerprint density at radius 1 is 1.26 bits per heavy atom. The minimum absolute atomic E-state index is 0.282. The van der Waals surface area contributed by atoms with Crippen LogP contribution in [-0.4, -0.2) is 22.3 Å². The Kier molecular flexibility index (Phi) is 3.24. The van der Waals surface area contributed by atoms with Crippen LogP contribution in [0.1, 0.15) is 12.5 Å². The molecule has 0 aliphatic carbocycles. The molecule has 0 saturated heterocycles. The molecule has 0 spiro atoms. The third kappa shape index (κ3) is 2.17. The summed E-state index contributed by atoms with van der Waals surface area (Å²) in [5.74, 6) is 0. The number of hydrogen-bond donors (Lipinski definition) is 2. The van der Waals surface area contributed by atoms with E-state index in [1.54, 1.807) is 18.3 Å². The van der Waals surface area contributed by atoms with Crippen molar-refractivity contribution < 1.29 is 18.3 Å². The number of nitrogens with zero attached hydrogens (tertiary/aromatic N) is 1. The molecule has 3 nitrogen and oxygen atoms in total. The Hall–Kier alpha value is -1.66. The summed E-state index contributed by atoms with van der Waals surface area (Å²) in [7, 11) is 0. The standard InChI is InChI=1S/C13H13F3N2O/c1-8(17)12(19,13(14,15)16)10-4-5-11-9(7-10)3-2-6-18-11/h2-8,19H,17H2,1H3. The maximum Gasteiger partial charge on any atom is 0.422 e. The summed E-state index contributed by atoms with van der Waals surface area (Å²) in [6, 6.07) is 5.66. The fourth-order valence-electron chi connectivity index (χ4n) is 2.00. The number of halogens is 3. The molecule has 6 heteroatoms. The van der Waals surface area contributed by atoms with Gasteiger partial charge in [0.25, 0.3) is 0 Å². The molecular formula is C13H13F3N2O. The van der Waals surface area contributed by atoms with Gasteiger partial charge in [0.05, 0.1) is 5.52 Å². The molecule has 19 heavy (non-hydrogen) atoms. The highest BCUT2D eigenvalue weighted by molar-refractivity contribution is 5.79.